The fraction of sp³-hybridized carbons (Fsp3) is 0.267. The van der Waals surface area contributed by atoms with Crippen molar-refractivity contribution in [1.82, 2.24) is 9.97 Å². The number of anilines is 1. The van der Waals surface area contributed by atoms with Crippen LogP contribution in [0.25, 0.3) is 0 Å². The second-order valence-corrected chi connectivity index (χ2v) is 4.41. The van der Waals surface area contributed by atoms with Gasteiger partial charge in [0.2, 0.25) is 0 Å². The Balaban J connectivity index is 1.98. The molecule has 0 spiro atoms. The summed E-state index contributed by atoms with van der Waals surface area (Å²) in [6, 6.07) is 7.51. The molecule has 0 aliphatic heterocycles. The largest absolute Gasteiger partial charge is 0.494 e. The number of carbonyl (C=O) groups is 1. The molecule has 0 fully saturated rings. The third-order valence-electron chi connectivity index (χ3n) is 2.81. The normalized spacial score (nSPS) is 10.1. The number of benzene rings is 1. The molecular formula is C15H17N3O3. The van der Waals surface area contributed by atoms with Gasteiger partial charge < -0.3 is 15.2 Å². The summed E-state index contributed by atoms with van der Waals surface area (Å²) in [5.74, 6) is -0.216. The van der Waals surface area contributed by atoms with Crippen molar-refractivity contribution in [2.24, 2.45) is 0 Å². The Kier molecular flexibility index (Phi) is 5.09. The van der Waals surface area contributed by atoms with Gasteiger partial charge in [-0.1, -0.05) is 6.92 Å². The average Bonchev–Trinajstić information content (AvgIpc) is 2.52. The van der Waals surface area contributed by atoms with Crippen LogP contribution in [0.1, 0.15) is 29.4 Å². The summed E-state index contributed by atoms with van der Waals surface area (Å²) in [6.07, 6.45) is 3.60. The number of ether oxygens (including phenoxy) is 1. The first-order chi connectivity index (χ1) is 10.2. The van der Waals surface area contributed by atoms with Crippen LogP contribution >= 0.6 is 0 Å². The highest BCUT2D eigenvalue weighted by atomic mass is 16.5. The lowest BCUT2D eigenvalue weighted by Crippen LogP contribution is -2.10. The minimum absolute atomic E-state index is 0.105. The van der Waals surface area contributed by atoms with Gasteiger partial charge in [-0.05, 0) is 30.7 Å². The molecule has 2 aromatic rings. The Morgan fingerprint density at radius 1 is 1.33 bits per heavy atom. The lowest BCUT2D eigenvalue weighted by Gasteiger charge is -2.09. The van der Waals surface area contributed by atoms with Crippen molar-refractivity contribution in [3.05, 3.63) is 48.0 Å². The molecule has 6 heteroatoms. The summed E-state index contributed by atoms with van der Waals surface area (Å²) in [5.41, 5.74) is 1.42. The van der Waals surface area contributed by atoms with Gasteiger partial charge in [-0.15, -0.1) is 0 Å². The number of hydrogen-bond donors (Lipinski definition) is 2. The van der Waals surface area contributed by atoms with E-state index < -0.39 is 5.97 Å². The first-order valence-electron chi connectivity index (χ1n) is 6.69. The summed E-state index contributed by atoms with van der Waals surface area (Å²) in [4.78, 5) is 18.8. The fourth-order valence-corrected chi connectivity index (χ4v) is 1.75. The molecule has 1 aromatic carbocycles. The van der Waals surface area contributed by atoms with E-state index in [0.717, 1.165) is 17.9 Å². The molecule has 6 nitrogen and oxygen atoms in total. The van der Waals surface area contributed by atoms with Crippen LogP contribution in [0.5, 0.6) is 5.75 Å². The molecule has 0 radical (unpaired) electrons. The molecule has 0 atom stereocenters. The summed E-state index contributed by atoms with van der Waals surface area (Å²) >= 11 is 0. The zero-order chi connectivity index (χ0) is 15.1. The zero-order valence-electron chi connectivity index (χ0n) is 11.7. The Morgan fingerprint density at radius 3 is 2.76 bits per heavy atom. The van der Waals surface area contributed by atoms with Crippen molar-refractivity contribution in [3.8, 4) is 5.75 Å². The number of carboxylic acids is 1. The van der Waals surface area contributed by atoms with Gasteiger partial charge in [-0.2, -0.15) is 0 Å². The van der Waals surface area contributed by atoms with Gasteiger partial charge in [0, 0.05) is 11.9 Å². The molecule has 21 heavy (non-hydrogen) atoms. The fourth-order valence-electron chi connectivity index (χ4n) is 1.75. The number of rotatable bonds is 7. The Labute approximate surface area is 122 Å². The summed E-state index contributed by atoms with van der Waals surface area (Å²) in [7, 11) is 0. The predicted octanol–water partition coefficient (Wildman–Crippen LogP) is 2.58. The third-order valence-corrected chi connectivity index (χ3v) is 2.81. The molecule has 0 saturated heterocycles. The second-order valence-electron chi connectivity index (χ2n) is 4.41. The van der Waals surface area contributed by atoms with Crippen molar-refractivity contribution >= 4 is 11.7 Å². The highest BCUT2D eigenvalue weighted by Gasteiger charge is 2.10. The lowest BCUT2D eigenvalue weighted by molar-refractivity contribution is 0.0694. The van der Waals surface area contributed by atoms with Crippen molar-refractivity contribution in [2.75, 3.05) is 11.9 Å². The number of aromatic carboxylic acids is 1. The van der Waals surface area contributed by atoms with Crippen molar-refractivity contribution in [1.29, 1.82) is 0 Å². The van der Waals surface area contributed by atoms with Crippen LogP contribution in [0, 0.1) is 0 Å². The van der Waals surface area contributed by atoms with Gasteiger partial charge in [0.25, 0.3) is 0 Å². The molecule has 2 rings (SSSR count). The topological polar surface area (TPSA) is 84.3 Å². The minimum Gasteiger partial charge on any atom is -0.494 e. The van der Waals surface area contributed by atoms with Crippen LogP contribution in [0.15, 0.2) is 36.8 Å². The van der Waals surface area contributed by atoms with Crippen LogP contribution < -0.4 is 10.1 Å². The summed E-state index contributed by atoms with van der Waals surface area (Å²) in [5, 5.41) is 12.2. The molecule has 2 N–H and O–H groups in total. The SMILES string of the molecule is CCCOc1ccc(NCc2ncncc2C(=O)O)cc1. The average molecular weight is 287 g/mol. The maximum absolute atomic E-state index is 11.1. The zero-order valence-corrected chi connectivity index (χ0v) is 11.7. The van der Waals surface area contributed by atoms with E-state index in [1.807, 2.05) is 24.3 Å². The number of carboxylic acid groups (broad SMARTS) is 1. The third kappa shape index (κ3) is 4.17. The van der Waals surface area contributed by atoms with Crippen LogP contribution in [0.2, 0.25) is 0 Å². The second kappa shape index (κ2) is 7.23. The molecule has 1 heterocycles. The molecule has 0 saturated carbocycles. The van der Waals surface area contributed by atoms with Crippen molar-refractivity contribution in [3.63, 3.8) is 0 Å². The maximum atomic E-state index is 11.1. The summed E-state index contributed by atoms with van der Waals surface area (Å²) < 4.78 is 5.50. The van der Waals surface area contributed by atoms with E-state index in [-0.39, 0.29) is 5.56 Å². The van der Waals surface area contributed by atoms with E-state index in [0.29, 0.717) is 18.8 Å². The van der Waals surface area contributed by atoms with Gasteiger partial charge in [-0.3, -0.25) is 0 Å². The van der Waals surface area contributed by atoms with Gasteiger partial charge in [0.15, 0.2) is 0 Å². The molecule has 0 bridgehead atoms. The smallest absolute Gasteiger partial charge is 0.339 e. The molecule has 110 valence electrons. The maximum Gasteiger partial charge on any atom is 0.339 e. The van der Waals surface area contributed by atoms with Crippen LogP contribution in [-0.4, -0.2) is 27.7 Å². The monoisotopic (exact) mass is 287 g/mol. The summed E-state index contributed by atoms with van der Waals surface area (Å²) in [6.45, 7) is 3.06. The van der Waals surface area contributed by atoms with E-state index in [4.69, 9.17) is 9.84 Å². The minimum atomic E-state index is -1.03. The van der Waals surface area contributed by atoms with Gasteiger partial charge in [0.1, 0.15) is 17.6 Å². The van der Waals surface area contributed by atoms with Gasteiger partial charge in [-0.25, -0.2) is 14.8 Å². The molecule has 0 unspecified atom stereocenters. The Morgan fingerprint density at radius 2 is 2.10 bits per heavy atom. The van der Waals surface area contributed by atoms with Crippen molar-refractivity contribution in [2.45, 2.75) is 19.9 Å². The number of hydrogen-bond acceptors (Lipinski definition) is 5. The van der Waals surface area contributed by atoms with Crippen LogP contribution in [0.4, 0.5) is 5.69 Å². The van der Waals surface area contributed by atoms with E-state index >= 15 is 0 Å². The Hall–Kier alpha value is -2.63. The van der Waals surface area contributed by atoms with E-state index in [2.05, 4.69) is 22.2 Å². The van der Waals surface area contributed by atoms with Crippen LogP contribution in [0.3, 0.4) is 0 Å². The Bertz CT molecular complexity index is 599. The quantitative estimate of drug-likeness (QED) is 0.814. The molecule has 0 aliphatic carbocycles. The lowest BCUT2D eigenvalue weighted by atomic mass is 10.2. The predicted molar refractivity (Wildman–Crippen MR) is 78.5 cm³/mol. The first-order valence-corrected chi connectivity index (χ1v) is 6.69. The number of nitrogens with zero attached hydrogens (tertiary/aromatic N) is 2. The molecule has 0 aliphatic rings. The molecule has 0 amide bonds. The van der Waals surface area contributed by atoms with E-state index in [1.54, 1.807) is 0 Å². The first kappa shape index (κ1) is 14.8. The number of aromatic nitrogens is 2. The van der Waals surface area contributed by atoms with E-state index in [1.165, 1.54) is 12.5 Å². The van der Waals surface area contributed by atoms with Crippen molar-refractivity contribution < 1.29 is 14.6 Å². The molecule has 1 aromatic heterocycles. The van der Waals surface area contributed by atoms with Gasteiger partial charge in [0.05, 0.1) is 18.8 Å². The van der Waals surface area contributed by atoms with E-state index in [9.17, 15) is 4.79 Å². The highest BCUT2D eigenvalue weighted by molar-refractivity contribution is 5.88. The highest BCUT2D eigenvalue weighted by Crippen LogP contribution is 2.17. The molecular weight excluding hydrogens is 270 g/mol. The number of nitrogens with one attached hydrogen (secondary N) is 1. The van der Waals surface area contributed by atoms with Crippen LogP contribution in [-0.2, 0) is 6.54 Å². The standard InChI is InChI=1S/C15H17N3O3/c1-2-7-21-12-5-3-11(4-6-12)17-9-14-13(15(19)20)8-16-10-18-14/h3-6,8,10,17H,2,7,9H2,1H3,(H,19,20). The van der Waals surface area contributed by atoms with Gasteiger partial charge >= 0.3 is 5.97 Å².